The van der Waals surface area contributed by atoms with Crippen molar-refractivity contribution < 1.29 is 9.59 Å². The number of thiazole rings is 1. The molecule has 8 heteroatoms. The maximum atomic E-state index is 12.5. The van der Waals surface area contributed by atoms with Crippen LogP contribution in [0.15, 0.2) is 36.1 Å². The molecule has 0 radical (unpaired) electrons. The quantitative estimate of drug-likeness (QED) is 0.784. The summed E-state index contributed by atoms with van der Waals surface area (Å²) in [5.41, 5.74) is 3.92. The Morgan fingerprint density at radius 3 is 3.08 bits per heavy atom. The molecular formula is C16H15N5O2S. The number of hydrogen-bond acceptors (Lipinski definition) is 5. The van der Waals surface area contributed by atoms with E-state index in [2.05, 4.69) is 15.4 Å². The topological polar surface area (TPSA) is 80.1 Å². The number of nitrogens with zero attached hydrogens (tertiary/aromatic N) is 4. The molecule has 1 aromatic carbocycles. The Hall–Kier alpha value is -2.74. The molecule has 3 heterocycles. The lowest BCUT2D eigenvalue weighted by Gasteiger charge is -2.15. The molecule has 0 saturated carbocycles. The van der Waals surface area contributed by atoms with Gasteiger partial charge in [-0.05, 0) is 24.6 Å². The van der Waals surface area contributed by atoms with Gasteiger partial charge in [0.2, 0.25) is 5.91 Å². The standard InChI is InChI=1S/C16H15N5O2S/c1-20-8-11(7-18-20)21-5-4-13(16(21)23)19-15(22)10-2-3-12-14(6-10)24-9-17-12/h2-3,6-9,13H,4-5H2,1H3,(H,19,22). The van der Waals surface area contributed by atoms with Crippen LogP contribution in [0.5, 0.6) is 0 Å². The monoisotopic (exact) mass is 341 g/mol. The average Bonchev–Trinajstić information content (AvgIpc) is 3.28. The third-order valence-corrected chi connectivity index (χ3v) is 4.90. The van der Waals surface area contributed by atoms with E-state index in [-0.39, 0.29) is 11.8 Å². The minimum absolute atomic E-state index is 0.102. The molecular weight excluding hydrogens is 326 g/mol. The van der Waals surface area contributed by atoms with Crippen LogP contribution in [0.2, 0.25) is 0 Å². The second kappa shape index (κ2) is 5.72. The third-order valence-electron chi connectivity index (χ3n) is 4.11. The van der Waals surface area contributed by atoms with Crippen LogP contribution in [0.25, 0.3) is 10.2 Å². The van der Waals surface area contributed by atoms with Crippen molar-refractivity contribution in [1.82, 2.24) is 20.1 Å². The van der Waals surface area contributed by atoms with Crippen molar-refractivity contribution in [2.24, 2.45) is 7.05 Å². The molecule has 2 amide bonds. The summed E-state index contributed by atoms with van der Waals surface area (Å²) in [5.74, 6) is -0.341. The molecule has 1 aliphatic heterocycles. The van der Waals surface area contributed by atoms with Gasteiger partial charge in [-0.3, -0.25) is 14.3 Å². The number of aromatic nitrogens is 3. The summed E-state index contributed by atoms with van der Waals surface area (Å²) >= 11 is 1.49. The Morgan fingerprint density at radius 2 is 2.29 bits per heavy atom. The van der Waals surface area contributed by atoms with Crippen LogP contribution >= 0.6 is 11.3 Å². The predicted molar refractivity (Wildman–Crippen MR) is 91.1 cm³/mol. The first kappa shape index (κ1) is 14.8. The Labute approximate surface area is 141 Å². The molecule has 2 aromatic heterocycles. The zero-order valence-electron chi connectivity index (χ0n) is 13.0. The SMILES string of the molecule is Cn1cc(N2CCC(NC(=O)c3ccc4ncsc4c3)C2=O)cn1. The molecule has 0 spiro atoms. The van der Waals surface area contributed by atoms with E-state index in [0.29, 0.717) is 18.5 Å². The lowest BCUT2D eigenvalue weighted by Crippen LogP contribution is -2.41. The van der Waals surface area contributed by atoms with Gasteiger partial charge in [0.05, 0.1) is 27.6 Å². The second-order valence-corrected chi connectivity index (χ2v) is 6.60. The lowest BCUT2D eigenvalue weighted by atomic mass is 10.1. The molecule has 1 atom stereocenters. The van der Waals surface area contributed by atoms with Crippen LogP contribution in [0, 0.1) is 0 Å². The van der Waals surface area contributed by atoms with E-state index in [1.165, 1.54) is 11.3 Å². The van der Waals surface area contributed by atoms with E-state index in [0.717, 1.165) is 15.9 Å². The van der Waals surface area contributed by atoms with Crippen molar-refractivity contribution >= 4 is 39.1 Å². The van der Waals surface area contributed by atoms with Crippen molar-refractivity contribution in [3.63, 3.8) is 0 Å². The first-order valence-corrected chi connectivity index (χ1v) is 8.44. The van der Waals surface area contributed by atoms with E-state index in [4.69, 9.17) is 0 Å². The summed E-state index contributed by atoms with van der Waals surface area (Å²) in [4.78, 5) is 30.8. The summed E-state index contributed by atoms with van der Waals surface area (Å²) in [5, 5.41) is 6.92. The Kier molecular flexibility index (Phi) is 3.53. The molecule has 1 fully saturated rings. The van der Waals surface area contributed by atoms with E-state index >= 15 is 0 Å². The Morgan fingerprint density at radius 1 is 1.42 bits per heavy atom. The van der Waals surface area contributed by atoms with Gasteiger partial charge in [0.15, 0.2) is 0 Å². The molecule has 4 rings (SSSR count). The fourth-order valence-electron chi connectivity index (χ4n) is 2.86. The fraction of sp³-hybridized carbons (Fsp3) is 0.250. The molecule has 7 nitrogen and oxygen atoms in total. The molecule has 0 aliphatic carbocycles. The van der Waals surface area contributed by atoms with Crippen LogP contribution in [0.3, 0.4) is 0 Å². The molecule has 1 saturated heterocycles. The largest absolute Gasteiger partial charge is 0.340 e. The number of aryl methyl sites for hydroxylation is 1. The number of carbonyl (C=O) groups is 2. The average molecular weight is 341 g/mol. The van der Waals surface area contributed by atoms with E-state index in [1.54, 1.807) is 46.7 Å². The molecule has 3 aromatic rings. The number of nitrogens with one attached hydrogen (secondary N) is 1. The van der Waals surface area contributed by atoms with Gasteiger partial charge in [0, 0.05) is 25.4 Å². The summed E-state index contributed by atoms with van der Waals surface area (Å²) in [6, 6.07) is 4.85. The number of fused-ring (bicyclic) bond motifs is 1. The van der Waals surface area contributed by atoms with Gasteiger partial charge in [0.1, 0.15) is 6.04 Å². The first-order valence-electron chi connectivity index (χ1n) is 7.56. The minimum Gasteiger partial charge on any atom is -0.340 e. The van der Waals surface area contributed by atoms with Gasteiger partial charge < -0.3 is 10.2 Å². The summed E-state index contributed by atoms with van der Waals surface area (Å²) in [6.07, 6.45) is 4.03. The lowest BCUT2D eigenvalue weighted by molar-refractivity contribution is -0.118. The first-order chi connectivity index (χ1) is 11.6. The van der Waals surface area contributed by atoms with Crippen LogP contribution in [0.1, 0.15) is 16.8 Å². The second-order valence-electron chi connectivity index (χ2n) is 5.71. The van der Waals surface area contributed by atoms with Gasteiger partial charge in [-0.15, -0.1) is 11.3 Å². The number of carbonyl (C=O) groups excluding carboxylic acids is 2. The molecule has 1 N–H and O–H groups in total. The summed E-state index contributed by atoms with van der Waals surface area (Å²) in [7, 11) is 1.80. The van der Waals surface area contributed by atoms with E-state index in [1.807, 2.05) is 6.07 Å². The van der Waals surface area contributed by atoms with Crippen LogP contribution in [-0.4, -0.2) is 39.2 Å². The van der Waals surface area contributed by atoms with Crippen LogP contribution in [0.4, 0.5) is 5.69 Å². The zero-order valence-corrected chi connectivity index (χ0v) is 13.8. The molecule has 0 bridgehead atoms. The smallest absolute Gasteiger partial charge is 0.251 e. The number of hydrogen-bond donors (Lipinski definition) is 1. The van der Waals surface area contributed by atoms with Gasteiger partial charge in [-0.2, -0.15) is 5.10 Å². The Balaban J connectivity index is 1.48. The van der Waals surface area contributed by atoms with Crippen LogP contribution in [-0.2, 0) is 11.8 Å². The van der Waals surface area contributed by atoms with Gasteiger partial charge in [-0.25, -0.2) is 4.98 Å². The van der Waals surface area contributed by atoms with E-state index < -0.39 is 6.04 Å². The minimum atomic E-state index is -0.505. The third kappa shape index (κ3) is 2.54. The highest BCUT2D eigenvalue weighted by Crippen LogP contribution is 2.22. The number of benzene rings is 1. The van der Waals surface area contributed by atoms with Gasteiger partial charge >= 0.3 is 0 Å². The molecule has 24 heavy (non-hydrogen) atoms. The molecule has 1 unspecified atom stereocenters. The van der Waals surface area contributed by atoms with E-state index in [9.17, 15) is 9.59 Å². The highest BCUT2D eigenvalue weighted by molar-refractivity contribution is 7.16. The number of rotatable bonds is 3. The molecule has 1 aliphatic rings. The predicted octanol–water partition coefficient (Wildman–Crippen LogP) is 1.57. The van der Waals surface area contributed by atoms with Crippen LogP contribution < -0.4 is 10.2 Å². The number of amides is 2. The zero-order chi connectivity index (χ0) is 16.7. The van der Waals surface area contributed by atoms with Crippen molar-refractivity contribution in [3.8, 4) is 0 Å². The van der Waals surface area contributed by atoms with Gasteiger partial charge in [-0.1, -0.05) is 0 Å². The Bertz CT molecular complexity index is 931. The number of anilines is 1. The summed E-state index contributed by atoms with van der Waals surface area (Å²) in [6.45, 7) is 0.573. The maximum absolute atomic E-state index is 12.5. The highest BCUT2D eigenvalue weighted by atomic mass is 32.1. The fourth-order valence-corrected chi connectivity index (χ4v) is 3.57. The van der Waals surface area contributed by atoms with Crippen molar-refractivity contribution in [2.75, 3.05) is 11.4 Å². The van der Waals surface area contributed by atoms with Gasteiger partial charge in [0.25, 0.3) is 5.91 Å². The van der Waals surface area contributed by atoms with Crippen molar-refractivity contribution in [2.45, 2.75) is 12.5 Å². The van der Waals surface area contributed by atoms with Crippen molar-refractivity contribution in [3.05, 3.63) is 41.7 Å². The normalized spacial score (nSPS) is 17.6. The highest BCUT2D eigenvalue weighted by Gasteiger charge is 2.34. The van der Waals surface area contributed by atoms with Crippen molar-refractivity contribution in [1.29, 1.82) is 0 Å². The maximum Gasteiger partial charge on any atom is 0.251 e. The summed E-state index contributed by atoms with van der Waals surface area (Å²) < 4.78 is 2.61. The molecule has 122 valence electrons.